The molecule has 0 radical (unpaired) electrons. The summed E-state index contributed by atoms with van der Waals surface area (Å²) in [6.07, 6.45) is 1.93. The maximum atomic E-state index is 11.7. The molecule has 1 fully saturated rings. The average molecular weight is 509 g/mol. The predicted octanol–water partition coefficient (Wildman–Crippen LogP) is 4.98. The van der Waals surface area contributed by atoms with Crippen LogP contribution in [0.1, 0.15) is 60.0 Å². The second-order valence-corrected chi connectivity index (χ2v) is 9.41. The van der Waals surface area contributed by atoms with Gasteiger partial charge in [0.05, 0.1) is 22.8 Å². The molecule has 0 saturated carbocycles. The van der Waals surface area contributed by atoms with Gasteiger partial charge in [-0.2, -0.15) is 5.26 Å². The normalized spacial score (nSPS) is 15.0. The lowest BCUT2D eigenvalue weighted by Crippen LogP contribution is -2.36. The van der Waals surface area contributed by atoms with Crippen molar-refractivity contribution >= 4 is 40.1 Å². The number of nitriles is 1. The van der Waals surface area contributed by atoms with Gasteiger partial charge in [0.2, 0.25) is 0 Å². The first-order valence-electron chi connectivity index (χ1n) is 12.0. The van der Waals surface area contributed by atoms with E-state index in [1.807, 2.05) is 32.9 Å². The number of fused-ring (bicyclic) bond motifs is 1. The third kappa shape index (κ3) is 5.50. The number of carbonyl (C=O) groups is 1. The van der Waals surface area contributed by atoms with Gasteiger partial charge < -0.3 is 20.1 Å². The highest BCUT2D eigenvalue weighted by Crippen LogP contribution is 2.32. The smallest absolute Gasteiger partial charge is 0.356 e. The first-order valence-corrected chi connectivity index (χ1v) is 12.4. The van der Waals surface area contributed by atoms with Crippen molar-refractivity contribution in [3.63, 3.8) is 0 Å². The van der Waals surface area contributed by atoms with Gasteiger partial charge in [-0.1, -0.05) is 17.7 Å². The number of carboxylic acid groups (broad SMARTS) is 1. The molecule has 3 aromatic rings. The number of anilines is 2. The van der Waals surface area contributed by atoms with Crippen LogP contribution >= 0.6 is 11.6 Å². The fourth-order valence-corrected chi connectivity index (χ4v) is 4.72. The fraction of sp³-hybridized carbons (Fsp3) is 0.423. The van der Waals surface area contributed by atoms with Crippen LogP contribution in [0, 0.1) is 24.2 Å². The third-order valence-corrected chi connectivity index (χ3v) is 6.62. The number of pyridine rings is 1. The summed E-state index contributed by atoms with van der Waals surface area (Å²) in [6.45, 7) is 8.90. The molecule has 1 aliphatic heterocycles. The average Bonchev–Trinajstić information content (AvgIpc) is 2.87. The fourth-order valence-electron chi connectivity index (χ4n) is 4.57. The van der Waals surface area contributed by atoms with Gasteiger partial charge in [-0.05, 0) is 63.3 Å². The number of hydrogen-bond donors (Lipinski definition) is 2. The highest BCUT2D eigenvalue weighted by molar-refractivity contribution is 6.29. The lowest BCUT2D eigenvalue weighted by molar-refractivity contribution is 0.0691. The lowest BCUT2D eigenvalue weighted by Gasteiger charge is -2.33. The predicted molar refractivity (Wildman–Crippen MR) is 139 cm³/mol. The summed E-state index contributed by atoms with van der Waals surface area (Å²) in [4.78, 5) is 27.4. The largest absolute Gasteiger partial charge is 0.476 e. The van der Waals surface area contributed by atoms with Crippen molar-refractivity contribution in [2.75, 3.05) is 36.5 Å². The Hall–Kier alpha value is -3.48. The Labute approximate surface area is 215 Å². The molecule has 1 aromatic carbocycles. The first-order chi connectivity index (χ1) is 17.3. The molecule has 188 valence electrons. The van der Waals surface area contributed by atoms with E-state index in [1.54, 1.807) is 12.1 Å². The topological polar surface area (TPSA) is 124 Å². The van der Waals surface area contributed by atoms with Crippen LogP contribution in [-0.2, 0) is 4.74 Å². The second-order valence-electron chi connectivity index (χ2n) is 9.02. The molecule has 0 aliphatic carbocycles. The molecule has 3 heterocycles. The van der Waals surface area contributed by atoms with E-state index < -0.39 is 5.97 Å². The van der Waals surface area contributed by atoms with Crippen molar-refractivity contribution in [1.29, 1.82) is 5.26 Å². The third-order valence-electron chi connectivity index (χ3n) is 6.41. The highest BCUT2D eigenvalue weighted by atomic mass is 35.5. The molecule has 1 saturated heterocycles. The van der Waals surface area contributed by atoms with Crippen LogP contribution in [0.25, 0.3) is 11.0 Å². The lowest BCUT2D eigenvalue weighted by atomic mass is 9.97. The number of halogens is 1. The first kappa shape index (κ1) is 25.6. The van der Waals surface area contributed by atoms with Gasteiger partial charge in [0.25, 0.3) is 0 Å². The van der Waals surface area contributed by atoms with E-state index in [1.165, 1.54) is 0 Å². The van der Waals surface area contributed by atoms with Crippen LogP contribution in [0.3, 0.4) is 0 Å². The van der Waals surface area contributed by atoms with Crippen LogP contribution in [0.15, 0.2) is 24.3 Å². The summed E-state index contributed by atoms with van der Waals surface area (Å²) in [5.41, 5.74) is 3.61. The summed E-state index contributed by atoms with van der Waals surface area (Å²) in [6, 6.07) is 8.96. The molecular formula is C26H29ClN6O3. The minimum absolute atomic E-state index is 0.108. The van der Waals surface area contributed by atoms with E-state index in [2.05, 4.69) is 26.3 Å². The Kier molecular flexibility index (Phi) is 7.87. The number of benzene rings is 1. The second kappa shape index (κ2) is 11.1. The van der Waals surface area contributed by atoms with Gasteiger partial charge in [-0.15, -0.1) is 0 Å². The zero-order chi connectivity index (χ0) is 25.8. The van der Waals surface area contributed by atoms with Crippen molar-refractivity contribution in [2.45, 2.75) is 39.7 Å². The molecule has 0 bridgehead atoms. The van der Waals surface area contributed by atoms with Crippen LogP contribution in [-0.4, -0.2) is 52.3 Å². The van der Waals surface area contributed by atoms with Gasteiger partial charge >= 0.3 is 5.97 Å². The van der Waals surface area contributed by atoms with E-state index >= 15 is 0 Å². The van der Waals surface area contributed by atoms with Crippen molar-refractivity contribution in [2.24, 2.45) is 5.92 Å². The van der Waals surface area contributed by atoms with Crippen LogP contribution < -0.4 is 10.2 Å². The van der Waals surface area contributed by atoms with Gasteiger partial charge in [0.1, 0.15) is 11.2 Å². The number of nitrogens with zero attached hydrogens (tertiary/aromatic N) is 5. The Bertz CT molecular complexity index is 1320. The van der Waals surface area contributed by atoms with E-state index in [4.69, 9.17) is 21.3 Å². The SMILES string of the molecule is CCOCC1CCN(c2nc3c(C(C)Nc4ccc(Cl)nc4C(=O)O)cc(C)cc3nc2C#N)CC1. The Balaban J connectivity index is 1.69. The standard InChI is InChI=1S/C26H29ClN6O3/c1-4-36-14-17-7-9-33(10-8-17)25-21(13-28)30-20-12-15(2)11-18(23(20)32-25)16(3)29-19-5-6-22(27)31-24(19)26(34)35/h5-6,11-12,16-17,29H,4,7-10,14H2,1-3H3,(H,34,35). The minimum Gasteiger partial charge on any atom is -0.476 e. The molecule has 1 atom stereocenters. The van der Waals surface area contributed by atoms with Gasteiger partial charge in [-0.3, -0.25) is 0 Å². The Morgan fingerprint density at radius 1 is 1.31 bits per heavy atom. The number of aryl methyl sites for hydroxylation is 1. The van der Waals surface area contributed by atoms with E-state index in [-0.39, 0.29) is 16.9 Å². The molecule has 4 rings (SSSR count). The summed E-state index contributed by atoms with van der Waals surface area (Å²) in [5, 5.41) is 22.8. The van der Waals surface area contributed by atoms with Crippen LogP contribution in [0.4, 0.5) is 11.5 Å². The number of hydrogen-bond acceptors (Lipinski definition) is 8. The number of carboxylic acids is 1. The van der Waals surface area contributed by atoms with Crippen LogP contribution in [0.5, 0.6) is 0 Å². The van der Waals surface area contributed by atoms with E-state index in [0.717, 1.165) is 43.7 Å². The quantitative estimate of drug-likeness (QED) is 0.405. The Morgan fingerprint density at radius 3 is 2.72 bits per heavy atom. The molecule has 10 heteroatoms. The number of piperidine rings is 1. The molecule has 9 nitrogen and oxygen atoms in total. The molecule has 2 N–H and O–H groups in total. The summed E-state index contributed by atoms with van der Waals surface area (Å²) >= 11 is 5.91. The van der Waals surface area contributed by atoms with Gasteiger partial charge in [0, 0.05) is 31.9 Å². The molecule has 0 spiro atoms. The number of aromatic nitrogens is 3. The molecule has 36 heavy (non-hydrogen) atoms. The molecule has 1 unspecified atom stereocenters. The van der Waals surface area contributed by atoms with Crippen molar-refractivity contribution < 1.29 is 14.6 Å². The number of ether oxygens (including phenoxy) is 1. The minimum atomic E-state index is -1.17. The molecule has 1 aliphatic rings. The zero-order valence-corrected chi connectivity index (χ0v) is 21.3. The van der Waals surface area contributed by atoms with Gasteiger partial charge in [-0.25, -0.2) is 19.7 Å². The monoisotopic (exact) mass is 508 g/mol. The highest BCUT2D eigenvalue weighted by Gasteiger charge is 2.25. The van der Waals surface area contributed by atoms with Crippen LogP contribution in [0.2, 0.25) is 5.15 Å². The van der Waals surface area contributed by atoms with Crippen molar-refractivity contribution in [3.8, 4) is 6.07 Å². The van der Waals surface area contributed by atoms with Crippen molar-refractivity contribution in [1.82, 2.24) is 15.0 Å². The Morgan fingerprint density at radius 2 is 2.06 bits per heavy atom. The van der Waals surface area contributed by atoms with Crippen molar-refractivity contribution in [3.05, 3.63) is 51.9 Å². The van der Waals surface area contributed by atoms with Gasteiger partial charge in [0.15, 0.2) is 17.2 Å². The maximum absolute atomic E-state index is 11.7. The molecular weight excluding hydrogens is 480 g/mol. The summed E-state index contributed by atoms with van der Waals surface area (Å²) in [5.74, 6) is -0.0923. The van der Waals surface area contributed by atoms with E-state index in [9.17, 15) is 15.2 Å². The zero-order valence-electron chi connectivity index (χ0n) is 20.6. The number of nitrogens with one attached hydrogen (secondary N) is 1. The van der Waals surface area contributed by atoms with E-state index in [0.29, 0.717) is 40.8 Å². The number of rotatable bonds is 8. The number of aromatic carboxylic acids is 1. The summed E-state index contributed by atoms with van der Waals surface area (Å²) < 4.78 is 5.59. The maximum Gasteiger partial charge on any atom is 0.356 e. The summed E-state index contributed by atoms with van der Waals surface area (Å²) in [7, 11) is 0. The molecule has 2 aromatic heterocycles. The molecule has 0 amide bonds.